The van der Waals surface area contributed by atoms with Crippen molar-refractivity contribution < 1.29 is 29.3 Å². The van der Waals surface area contributed by atoms with E-state index in [0.717, 1.165) is 5.39 Å². The number of fused-ring (bicyclic) bond motifs is 1. The van der Waals surface area contributed by atoms with Crippen molar-refractivity contribution >= 4 is 16.9 Å². The van der Waals surface area contributed by atoms with Crippen molar-refractivity contribution in [2.45, 2.75) is 13.5 Å². The molecule has 4 N–H and O–H groups in total. The van der Waals surface area contributed by atoms with Crippen LogP contribution in [0.1, 0.15) is 5.76 Å². The molecule has 0 aliphatic heterocycles. The average molecular weight is 487 g/mol. The van der Waals surface area contributed by atoms with Gasteiger partial charge in [-0.1, -0.05) is 18.2 Å². The molecular weight excluding hydrogens is 466 g/mol. The zero-order valence-electron chi connectivity index (χ0n) is 19.3. The number of phenols is 1. The maximum absolute atomic E-state index is 12.3. The summed E-state index contributed by atoms with van der Waals surface area (Å²) < 4.78 is 12.6. The molecule has 0 bridgehead atoms. The minimum Gasteiger partial charge on any atom is -0.504 e. The Labute approximate surface area is 203 Å². The van der Waals surface area contributed by atoms with Crippen LogP contribution < -0.4 is 10.2 Å². The molecule has 182 valence electrons. The van der Waals surface area contributed by atoms with E-state index in [-0.39, 0.29) is 35.3 Å². The Morgan fingerprint density at radius 2 is 1.94 bits per heavy atom. The topological polar surface area (TPSA) is 151 Å². The Hall–Kier alpha value is -4.99. The van der Waals surface area contributed by atoms with E-state index in [1.807, 2.05) is 24.3 Å². The first-order valence-electron chi connectivity index (χ1n) is 10.9. The number of carboxylic acid groups (broad SMARTS) is 1. The quantitative estimate of drug-likeness (QED) is 0.279. The predicted octanol–water partition coefficient (Wildman–Crippen LogP) is 4.13. The number of methoxy groups -OCH3 is 1. The van der Waals surface area contributed by atoms with Gasteiger partial charge in [0.05, 0.1) is 7.11 Å². The van der Waals surface area contributed by atoms with E-state index < -0.39 is 17.1 Å². The first kappa shape index (κ1) is 22.8. The number of rotatable bonds is 6. The van der Waals surface area contributed by atoms with Crippen molar-refractivity contribution in [3.8, 4) is 51.3 Å². The summed E-state index contributed by atoms with van der Waals surface area (Å²) in [7, 11) is 1.42. The number of aryl methyl sites for hydroxylation is 1. The molecule has 10 heteroatoms. The van der Waals surface area contributed by atoms with Gasteiger partial charge < -0.3 is 34.0 Å². The molecule has 0 aliphatic rings. The lowest BCUT2D eigenvalue weighted by atomic mass is 10.1. The van der Waals surface area contributed by atoms with Gasteiger partial charge in [0.2, 0.25) is 11.2 Å². The number of phenolic OH excluding ortho intramolecular Hbond substituents is 1. The molecule has 0 saturated heterocycles. The number of aromatic nitrogens is 3. The first-order chi connectivity index (χ1) is 17.3. The lowest BCUT2D eigenvalue weighted by molar-refractivity contribution is -0.137. The molecule has 0 radical (unpaired) electrons. The Kier molecular flexibility index (Phi) is 5.48. The van der Waals surface area contributed by atoms with E-state index in [1.165, 1.54) is 19.2 Å². The smallest absolute Gasteiger partial charge is 0.323 e. The zero-order chi connectivity index (χ0) is 25.6. The van der Waals surface area contributed by atoms with Crippen LogP contribution in [-0.4, -0.2) is 42.9 Å². The number of carboxylic acids is 1. The molecule has 36 heavy (non-hydrogen) atoms. The summed E-state index contributed by atoms with van der Waals surface area (Å²) in [5, 5.41) is 30.7. The van der Waals surface area contributed by atoms with E-state index in [2.05, 4.69) is 4.98 Å². The van der Waals surface area contributed by atoms with Gasteiger partial charge in [0.15, 0.2) is 17.3 Å². The monoisotopic (exact) mass is 487 g/mol. The molecule has 10 nitrogen and oxygen atoms in total. The largest absolute Gasteiger partial charge is 0.504 e. The summed E-state index contributed by atoms with van der Waals surface area (Å²) in [6.07, 6.45) is 1.68. The molecule has 3 heterocycles. The molecule has 0 amide bonds. The van der Waals surface area contributed by atoms with Gasteiger partial charge in [0.1, 0.15) is 29.5 Å². The van der Waals surface area contributed by atoms with Crippen LogP contribution in [0.25, 0.3) is 45.0 Å². The van der Waals surface area contributed by atoms with Gasteiger partial charge in [0, 0.05) is 34.3 Å². The fourth-order valence-corrected chi connectivity index (χ4v) is 4.18. The van der Waals surface area contributed by atoms with Crippen LogP contribution in [0, 0.1) is 6.92 Å². The number of para-hydroxylation sites is 1. The van der Waals surface area contributed by atoms with E-state index in [1.54, 1.807) is 29.8 Å². The van der Waals surface area contributed by atoms with Crippen molar-refractivity contribution in [2.75, 3.05) is 7.11 Å². The van der Waals surface area contributed by atoms with Crippen molar-refractivity contribution in [3.05, 3.63) is 70.7 Å². The highest BCUT2D eigenvalue weighted by molar-refractivity contribution is 5.96. The minimum absolute atomic E-state index is 0.0692. The summed E-state index contributed by atoms with van der Waals surface area (Å²) in [6, 6.07) is 13.1. The van der Waals surface area contributed by atoms with Gasteiger partial charge in [-0.3, -0.25) is 9.59 Å². The summed E-state index contributed by atoms with van der Waals surface area (Å²) in [6.45, 7) is 1.34. The number of hydrogen-bond acceptors (Lipinski definition) is 7. The second kappa shape index (κ2) is 8.66. The van der Waals surface area contributed by atoms with Crippen LogP contribution in [0.5, 0.6) is 17.2 Å². The van der Waals surface area contributed by atoms with Gasteiger partial charge in [-0.25, -0.2) is 4.98 Å². The number of imidazole rings is 1. The zero-order valence-corrected chi connectivity index (χ0v) is 19.3. The average Bonchev–Trinajstić information content (AvgIpc) is 3.44. The van der Waals surface area contributed by atoms with Crippen LogP contribution >= 0.6 is 0 Å². The van der Waals surface area contributed by atoms with Crippen LogP contribution in [0.2, 0.25) is 0 Å². The SMILES string of the molecule is COc1cc(-c2nc(-c3cn(CC(=O)O)c4ccccc34)[nH]c2-c2oc(C)cc(=O)c2O)ccc1O. The van der Waals surface area contributed by atoms with Crippen molar-refractivity contribution in [2.24, 2.45) is 0 Å². The summed E-state index contributed by atoms with van der Waals surface area (Å²) >= 11 is 0. The highest BCUT2D eigenvalue weighted by Gasteiger charge is 2.24. The Morgan fingerprint density at radius 3 is 2.69 bits per heavy atom. The van der Waals surface area contributed by atoms with Crippen LogP contribution in [0.15, 0.2) is 63.9 Å². The fraction of sp³-hybridized carbons (Fsp3) is 0.115. The molecule has 0 spiro atoms. The Balaban J connectivity index is 1.80. The van der Waals surface area contributed by atoms with Crippen LogP contribution in [0.3, 0.4) is 0 Å². The lowest BCUT2D eigenvalue weighted by Gasteiger charge is -2.08. The van der Waals surface area contributed by atoms with Gasteiger partial charge >= 0.3 is 5.97 Å². The molecule has 0 unspecified atom stereocenters. The molecule has 5 aromatic rings. The molecule has 0 aliphatic carbocycles. The molecule has 0 saturated carbocycles. The first-order valence-corrected chi connectivity index (χ1v) is 10.9. The second-order valence-corrected chi connectivity index (χ2v) is 8.18. The Morgan fingerprint density at radius 1 is 1.17 bits per heavy atom. The highest BCUT2D eigenvalue weighted by Crippen LogP contribution is 2.40. The number of aromatic amines is 1. The summed E-state index contributed by atoms with van der Waals surface area (Å²) in [4.78, 5) is 31.7. The van der Waals surface area contributed by atoms with Crippen molar-refractivity contribution in [1.29, 1.82) is 0 Å². The van der Waals surface area contributed by atoms with Gasteiger partial charge in [-0.15, -0.1) is 0 Å². The third kappa shape index (κ3) is 3.84. The van der Waals surface area contributed by atoms with E-state index in [9.17, 15) is 24.9 Å². The Bertz CT molecular complexity index is 1690. The van der Waals surface area contributed by atoms with E-state index in [4.69, 9.17) is 14.1 Å². The molecule has 0 atom stereocenters. The third-order valence-electron chi connectivity index (χ3n) is 5.78. The summed E-state index contributed by atoms with van der Waals surface area (Å²) in [5.41, 5.74) is 1.76. The molecule has 3 aromatic heterocycles. The number of aliphatic carboxylic acids is 1. The number of aromatic hydroxyl groups is 2. The standard InChI is InChI=1S/C26H21N3O7/c1-13-9-19(31)24(34)25(36-13)23-22(14-7-8-18(30)20(10-14)35-2)27-26(28-23)16-11-29(12-21(32)33)17-6-4-3-5-15(16)17/h3-11,30,34H,12H2,1-2H3,(H,27,28)(H,32,33). The van der Waals surface area contributed by atoms with Gasteiger partial charge in [-0.05, 0) is 31.2 Å². The van der Waals surface area contributed by atoms with Gasteiger partial charge in [0.25, 0.3) is 0 Å². The van der Waals surface area contributed by atoms with Crippen LogP contribution in [-0.2, 0) is 11.3 Å². The van der Waals surface area contributed by atoms with Crippen molar-refractivity contribution in [1.82, 2.24) is 14.5 Å². The van der Waals surface area contributed by atoms with Crippen molar-refractivity contribution in [3.63, 3.8) is 0 Å². The number of nitrogens with one attached hydrogen (secondary N) is 1. The van der Waals surface area contributed by atoms with Crippen LogP contribution in [0.4, 0.5) is 0 Å². The molecule has 2 aromatic carbocycles. The maximum atomic E-state index is 12.3. The van der Waals surface area contributed by atoms with E-state index >= 15 is 0 Å². The van der Waals surface area contributed by atoms with E-state index in [0.29, 0.717) is 28.2 Å². The molecular formula is C26H21N3O7. The lowest BCUT2D eigenvalue weighted by Crippen LogP contribution is -2.07. The number of ether oxygens (including phenoxy) is 1. The fourth-order valence-electron chi connectivity index (χ4n) is 4.18. The number of nitrogens with zero attached hydrogens (tertiary/aromatic N) is 2. The third-order valence-corrected chi connectivity index (χ3v) is 5.78. The second-order valence-electron chi connectivity index (χ2n) is 8.18. The summed E-state index contributed by atoms with van der Waals surface area (Å²) in [5.74, 6) is -0.902. The molecule has 5 rings (SSSR count). The molecule has 0 fully saturated rings. The minimum atomic E-state index is -0.995. The predicted molar refractivity (Wildman–Crippen MR) is 131 cm³/mol. The van der Waals surface area contributed by atoms with Gasteiger partial charge in [-0.2, -0.15) is 0 Å². The number of H-pyrrole nitrogens is 1. The normalized spacial score (nSPS) is 11.2. The number of hydrogen-bond donors (Lipinski definition) is 4. The highest BCUT2D eigenvalue weighted by atomic mass is 16.5. The number of benzene rings is 2. The maximum Gasteiger partial charge on any atom is 0.323 e. The number of carbonyl (C=O) groups is 1.